The number of benzene rings is 1. The molecule has 24 heavy (non-hydrogen) atoms. The van der Waals surface area contributed by atoms with Crippen LogP contribution in [0.1, 0.15) is 50.0 Å². The van der Waals surface area contributed by atoms with Gasteiger partial charge in [-0.15, -0.1) is 0 Å². The van der Waals surface area contributed by atoms with Gasteiger partial charge in [0.05, 0.1) is 16.1 Å². The predicted molar refractivity (Wildman–Crippen MR) is 83.8 cm³/mol. The van der Waals surface area contributed by atoms with Gasteiger partial charge >= 0.3 is 12.1 Å². The second-order valence-corrected chi connectivity index (χ2v) is 6.57. The normalized spacial score (nSPS) is 13.3. The molecule has 1 amide bonds. The highest BCUT2D eigenvalue weighted by atomic mass is 35.5. The van der Waals surface area contributed by atoms with Crippen molar-refractivity contribution in [1.82, 2.24) is 5.32 Å². The number of carbonyl (C=O) groups is 2. The molecule has 1 atom stereocenters. The number of esters is 1. The van der Waals surface area contributed by atoms with Gasteiger partial charge in [-0.05, 0) is 45.4 Å². The van der Waals surface area contributed by atoms with Crippen molar-refractivity contribution in [3.63, 3.8) is 0 Å². The Morgan fingerprint density at radius 1 is 1.25 bits per heavy atom. The van der Waals surface area contributed by atoms with Crippen molar-refractivity contribution in [2.75, 3.05) is 0 Å². The summed E-state index contributed by atoms with van der Waals surface area (Å²) < 4.78 is 43.4. The molecule has 0 heterocycles. The molecule has 0 fully saturated rings. The van der Waals surface area contributed by atoms with Crippen LogP contribution in [0.25, 0.3) is 0 Å². The lowest BCUT2D eigenvalue weighted by atomic mass is 10.1. The molecule has 1 rings (SSSR count). The first-order valence-electron chi connectivity index (χ1n) is 7.25. The summed E-state index contributed by atoms with van der Waals surface area (Å²) in [4.78, 5) is 24.2. The van der Waals surface area contributed by atoms with Gasteiger partial charge in [0, 0.05) is 0 Å². The fourth-order valence-electron chi connectivity index (χ4n) is 1.81. The maximum absolute atomic E-state index is 12.8. The summed E-state index contributed by atoms with van der Waals surface area (Å²) in [6, 6.07) is 1.44. The number of hydrogen-bond donors (Lipinski definition) is 1. The molecule has 1 N–H and O–H groups in total. The minimum absolute atomic E-state index is 0.139. The molecule has 0 aliphatic heterocycles. The molecule has 0 aliphatic rings. The molecule has 0 spiro atoms. The highest BCUT2D eigenvalue weighted by Crippen LogP contribution is 2.31. The van der Waals surface area contributed by atoms with Crippen LogP contribution < -0.4 is 5.32 Å². The first kappa shape index (κ1) is 20.3. The van der Waals surface area contributed by atoms with Crippen molar-refractivity contribution in [3.05, 3.63) is 34.3 Å². The van der Waals surface area contributed by atoms with Crippen LogP contribution >= 0.6 is 11.6 Å². The SMILES string of the molecule is CC[C@H](NC(=O)c1cc(C(F)(F)F)ccc1Cl)C(=O)OC(C)(C)C. The summed E-state index contributed by atoms with van der Waals surface area (Å²) in [5.41, 5.74) is -2.10. The fraction of sp³-hybridized carbons (Fsp3) is 0.500. The van der Waals surface area contributed by atoms with E-state index in [-0.39, 0.29) is 17.0 Å². The summed E-state index contributed by atoms with van der Waals surface area (Å²) >= 11 is 5.81. The lowest BCUT2D eigenvalue weighted by Crippen LogP contribution is -2.43. The minimum Gasteiger partial charge on any atom is -0.458 e. The van der Waals surface area contributed by atoms with Crippen molar-refractivity contribution < 1.29 is 27.5 Å². The molecule has 0 aromatic heterocycles. The number of rotatable bonds is 4. The van der Waals surface area contributed by atoms with Crippen LogP contribution in [0.2, 0.25) is 5.02 Å². The van der Waals surface area contributed by atoms with Gasteiger partial charge in [0.15, 0.2) is 0 Å². The number of amides is 1. The van der Waals surface area contributed by atoms with Crippen LogP contribution in [-0.2, 0) is 15.7 Å². The zero-order chi connectivity index (χ0) is 18.7. The van der Waals surface area contributed by atoms with Crippen LogP contribution in [-0.4, -0.2) is 23.5 Å². The van der Waals surface area contributed by atoms with Gasteiger partial charge < -0.3 is 10.1 Å². The Hall–Kier alpha value is -1.76. The van der Waals surface area contributed by atoms with Crippen LogP contribution in [0, 0.1) is 0 Å². The first-order chi connectivity index (χ1) is 10.8. The van der Waals surface area contributed by atoms with E-state index in [1.165, 1.54) is 0 Å². The average molecular weight is 366 g/mol. The van der Waals surface area contributed by atoms with Crippen molar-refractivity contribution in [2.24, 2.45) is 0 Å². The van der Waals surface area contributed by atoms with Gasteiger partial charge in [-0.25, -0.2) is 4.79 Å². The number of hydrogen-bond acceptors (Lipinski definition) is 3. The van der Waals surface area contributed by atoms with Gasteiger partial charge in [-0.3, -0.25) is 4.79 Å². The Labute approximate surface area is 143 Å². The number of nitrogens with one attached hydrogen (secondary N) is 1. The average Bonchev–Trinajstić information content (AvgIpc) is 2.41. The van der Waals surface area contributed by atoms with Crippen LogP contribution in [0.15, 0.2) is 18.2 Å². The summed E-state index contributed by atoms with van der Waals surface area (Å²) in [7, 11) is 0. The smallest absolute Gasteiger partial charge is 0.416 e. The van der Waals surface area contributed by atoms with E-state index in [4.69, 9.17) is 16.3 Å². The first-order valence-corrected chi connectivity index (χ1v) is 7.63. The number of alkyl halides is 3. The van der Waals surface area contributed by atoms with E-state index in [2.05, 4.69) is 5.32 Å². The van der Waals surface area contributed by atoms with Gasteiger partial charge in [0.1, 0.15) is 11.6 Å². The van der Waals surface area contributed by atoms with Gasteiger partial charge in [0.2, 0.25) is 0 Å². The van der Waals surface area contributed by atoms with Crippen LogP contribution in [0.4, 0.5) is 13.2 Å². The standard InChI is InChI=1S/C16H19ClF3NO3/c1-5-12(14(23)24-15(2,3)4)21-13(22)10-8-9(16(18,19)20)6-7-11(10)17/h6-8,12H,5H2,1-4H3,(H,21,22)/t12-/m0/s1. The lowest BCUT2D eigenvalue weighted by Gasteiger charge is -2.24. The van der Waals surface area contributed by atoms with E-state index in [1.54, 1.807) is 27.7 Å². The quantitative estimate of drug-likeness (QED) is 0.813. The molecule has 0 radical (unpaired) electrons. The molecule has 0 aliphatic carbocycles. The highest BCUT2D eigenvalue weighted by Gasteiger charge is 2.32. The van der Waals surface area contributed by atoms with Crippen LogP contribution in [0.5, 0.6) is 0 Å². The zero-order valence-corrected chi connectivity index (χ0v) is 14.5. The maximum atomic E-state index is 12.8. The topological polar surface area (TPSA) is 55.4 Å². The zero-order valence-electron chi connectivity index (χ0n) is 13.8. The summed E-state index contributed by atoms with van der Waals surface area (Å²) in [6.07, 6.45) is -4.38. The monoisotopic (exact) mass is 365 g/mol. The fourth-order valence-corrected chi connectivity index (χ4v) is 2.02. The molecular weight excluding hydrogens is 347 g/mol. The van der Waals surface area contributed by atoms with E-state index in [1.807, 2.05) is 0 Å². The molecule has 0 bridgehead atoms. The summed E-state index contributed by atoms with van der Waals surface area (Å²) in [5, 5.41) is 2.22. The highest BCUT2D eigenvalue weighted by molar-refractivity contribution is 6.33. The predicted octanol–water partition coefficient (Wildman–Crippen LogP) is 4.21. The van der Waals surface area contributed by atoms with E-state index in [0.29, 0.717) is 6.07 Å². The Balaban J connectivity index is 2.99. The van der Waals surface area contributed by atoms with Gasteiger partial charge in [0.25, 0.3) is 5.91 Å². The molecule has 1 aromatic carbocycles. The molecule has 4 nitrogen and oxygen atoms in total. The van der Waals surface area contributed by atoms with E-state index in [0.717, 1.165) is 12.1 Å². The van der Waals surface area contributed by atoms with E-state index < -0.39 is 35.3 Å². The molecule has 134 valence electrons. The molecule has 0 unspecified atom stereocenters. The van der Waals surface area contributed by atoms with Gasteiger partial charge in [-0.1, -0.05) is 18.5 Å². The number of halogens is 4. The second-order valence-electron chi connectivity index (χ2n) is 6.16. The summed E-state index contributed by atoms with van der Waals surface area (Å²) in [6.45, 7) is 6.65. The molecule has 0 saturated carbocycles. The van der Waals surface area contributed by atoms with Crippen molar-refractivity contribution in [3.8, 4) is 0 Å². The van der Waals surface area contributed by atoms with Crippen LogP contribution in [0.3, 0.4) is 0 Å². The maximum Gasteiger partial charge on any atom is 0.416 e. The Kier molecular flexibility index (Phi) is 6.27. The minimum atomic E-state index is -4.60. The molecule has 0 saturated heterocycles. The summed E-state index contributed by atoms with van der Waals surface area (Å²) in [5.74, 6) is -1.54. The largest absolute Gasteiger partial charge is 0.458 e. The third-order valence-electron chi connectivity index (χ3n) is 2.94. The molecular formula is C16H19ClF3NO3. The third-order valence-corrected chi connectivity index (χ3v) is 3.27. The second kappa shape index (κ2) is 7.42. The van der Waals surface area contributed by atoms with Gasteiger partial charge in [-0.2, -0.15) is 13.2 Å². The van der Waals surface area contributed by atoms with E-state index in [9.17, 15) is 22.8 Å². The molecule has 8 heteroatoms. The number of ether oxygens (including phenoxy) is 1. The Bertz CT molecular complexity index is 624. The Morgan fingerprint density at radius 2 is 1.83 bits per heavy atom. The van der Waals surface area contributed by atoms with E-state index >= 15 is 0 Å². The van der Waals surface area contributed by atoms with Crippen molar-refractivity contribution >= 4 is 23.5 Å². The third kappa shape index (κ3) is 5.70. The molecule has 1 aromatic rings. The van der Waals surface area contributed by atoms with Crippen molar-refractivity contribution in [1.29, 1.82) is 0 Å². The Morgan fingerprint density at radius 3 is 2.29 bits per heavy atom. The van der Waals surface area contributed by atoms with Crippen molar-refractivity contribution in [2.45, 2.75) is 51.9 Å². The lowest BCUT2D eigenvalue weighted by molar-refractivity contribution is -0.157. The number of carbonyl (C=O) groups excluding carboxylic acids is 2.